The number of para-hydroxylation sites is 3. The van der Waals surface area contributed by atoms with Crippen molar-refractivity contribution in [3.05, 3.63) is 53.6 Å². The molecular weight excluding hydrogens is 392 g/mol. The van der Waals surface area contributed by atoms with E-state index in [2.05, 4.69) is 10.3 Å². The van der Waals surface area contributed by atoms with Crippen molar-refractivity contribution < 1.29 is 14.3 Å². The first kappa shape index (κ1) is 19.4. The highest BCUT2D eigenvalue weighted by atomic mass is 35.5. The summed E-state index contributed by atoms with van der Waals surface area (Å²) in [5.74, 6) is 0.158. The van der Waals surface area contributed by atoms with Gasteiger partial charge in [-0.1, -0.05) is 35.9 Å². The Morgan fingerprint density at radius 3 is 2.76 bits per heavy atom. The molecule has 0 saturated heterocycles. The molecule has 2 aromatic carbocycles. The Labute approximate surface area is 173 Å². The van der Waals surface area contributed by atoms with Crippen LogP contribution < -0.4 is 10.2 Å². The summed E-state index contributed by atoms with van der Waals surface area (Å²) >= 11 is 6.13. The fourth-order valence-corrected chi connectivity index (χ4v) is 3.80. The molecule has 2 amide bonds. The fraction of sp³-hybridized carbons (Fsp3) is 0.286. The second-order valence-electron chi connectivity index (χ2n) is 6.85. The number of hydrogen-bond donors (Lipinski definition) is 1. The van der Waals surface area contributed by atoms with Crippen LogP contribution in [-0.4, -0.2) is 41.6 Å². The Kier molecular flexibility index (Phi) is 5.51. The molecule has 4 rings (SSSR count). The summed E-state index contributed by atoms with van der Waals surface area (Å²) in [4.78, 5) is 32.1. The molecule has 0 spiro atoms. The van der Waals surface area contributed by atoms with Crippen molar-refractivity contribution in [1.29, 1.82) is 0 Å². The lowest BCUT2D eigenvalue weighted by molar-refractivity contribution is -0.124. The Balaban J connectivity index is 1.62. The average molecular weight is 413 g/mol. The van der Waals surface area contributed by atoms with Gasteiger partial charge in [-0.3, -0.25) is 19.1 Å². The highest BCUT2D eigenvalue weighted by molar-refractivity contribution is 6.33. The number of ether oxygens (including phenoxy) is 1. The number of aromatic nitrogens is 2. The summed E-state index contributed by atoms with van der Waals surface area (Å²) in [5.41, 5.74) is 2.15. The van der Waals surface area contributed by atoms with Crippen LogP contribution in [0.3, 0.4) is 0 Å². The number of nitrogens with one attached hydrogen (secondary N) is 1. The largest absolute Gasteiger partial charge is 0.385 e. The highest BCUT2D eigenvalue weighted by Crippen LogP contribution is 2.36. The van der Waals surface area contributed by atoms with E-state index in [4.69, 9.17) is 16.3 Å². The Bertz CT molecular complexity index is 1070. The summed E-state index contributed by atoms with van der Waals surface area (Å²) in [5, 5.41) is 3.25. The first-order valence-corrected chi connectivity index (χ1v) is 9.79. The third-order valence-corrected chi connectivity index (χ3v) is 5.27. The normalized spacial score (nSPS) is 15.7. The molecule has 0 unspecified atom stereocenters. The van der Waals surface area contributed by atoms with Crippen LogP contribution in [0.15, 0.2) is 48.5 Å². The van der Waals surface area contributed by atoms with Crippen LogP contribution in [0.4, 0.5) is 11.6 Å². The minimum Gasteiger partial charge on any atom is -0.385 e. The van der Waals surface area contributed by atoms with Crippen LogP contribution in [-0.2, 0) is 14.3 Å². The maximum absolute atomic E-state index is 13.1. The molecule has 0 aliphatic carbocycles. The van der Waals surface area contributed by atoms with E-state index in [1.54, 1.807) is 36.3 Å². The number of carbonyl (C=O) groups excluding carboxylic acids is 2. The van der Waals surface area contributed by atoms with Gasteiger partial charge >= 0.3 is 0 Å². The van der Waals surface area contributed by atoms with Crippen molar-refractivity contribution in [2.45, 2.75) is 18.9 Å². The summed E-state index contributed by atoms with van der Waals surface area (Å²) in [6, 6.07) is 14.0. The maximum atomic E-state index is 13.1. The molecule has 1 aliphatic rings. The van der Waals surface area contributed by atoms with E-state index in [1.807, 2.05) is 28.8 Å². The van der Waals surface area contributed by atoms with Crippen molar-refractivity contribution in [3.8, 4) is 0 Å². The van der Waals surface area contributed by atoms with Crippen LogP contribution in [0.2, 0.25) is 5.02 Å². The van der Waals surface area contributed by atoms with Crippen molar-refractivity contribution in [2.75, 3.05) is 30.5 Å². The molecular formula is C21H21ClN4O3. The number of carbonyl (C=O) groups is 2. The standard InChI is InChI=1S/C21H21ClN4O3/c1-29-12-6-11-25-20(28)18(13-19(27)23-15-8-3-2-7-14(15)22)26-17-10-5-4-9-16(17)24-21(25)26/h2-5,7-10,18H,6,11-13H2,1H3,(H,23,27)/t18-/m1/s1. The van der Waals surface area contributed by atoms with Crippen molar-refractivity contribution in [3.63, 3.8) is 0 Å². The summed E-state index contributed by atoms with van der Waals surface area (Å²) in [6.45, 7) is 1.03. The Hall–Kier alpha value is -2.90. The van der Waals surface area contributed by atoms with Crippen molar-refractivity contribution >= 4 is 46.1 Å². The average Bonchev–Trinajstić information content (AvgIpc) is 3.20. The molecule has 2 heterocycles. The van der Waals surface area contributed by atoms with Gasteiger partial charge in [0.05, 0.1) is 28.2 Å². The minimum atomic E-state index is -0.651. The lowest BCUT2D eigenvalue weighted by Crippen LogP contribution is -2.32. The van der Waals surface area contributed by atoms with Gasteiger partial charge in [-0.25, -0.2) is 4.98 Å². The fourth-order valence-electron chi connectivity index (χ4n) is 3.61. The van der Waals surface area contributed by atoms with Crippen LogP contribution in [0.5, 0.6) is 0 Å². The molecule has 0 bridgehead atoms. The van der Waals surface area contributed by atoms with Gasteiger partial charge in [0.2, 0.25) is 11.9 Å². The molecule has 0 fully saturated rings. The van der Waals surface area contributed by atoms with Crippen LogP contribution in [0.25, 0.3) is 11.0 Å². The van der Waals surface area contributed by atoms with Gasteiger partial charge in [-0.05, 0) is 30.7 Å². The predicted molar refractivity (Wildman–Crippen MR) is 112 cm³/mol. The number of nitrogens with zero attached hydrogens (tertiary/aromatic N) is 3. The smallest absolute Gasteiger partial charge is 0.253 e. The van der Waals surface area contributed by atoms with E-state index < -0.39 is 6.04 Å². The van der Waals surface area contributed by atoms with E-state index in [9.17, 15) is 9.59 Å². The van der Waals surface area contributed by atoms with Crippen molar-refractivity contribution in [2.24, 2.45) is 0 Å². The van der Waals surface area contributed by atoms with E-state index in [0.717, 1.165) is 11.0 Å². The number of halogens is 1. The van der Waals surface area contributed by atoms with Gasteiger partial charge < -0.3 is 10.1 Å². The molecule has 0 saturated carbocycles. The van der Waals surface area contributed by atoms with Crippen LogP contribution in [0, 0.1) is 0 Å². The van der Waals surface area contributed by atoms with Gasteiger partial charge in [-0.15, -0.1) is 0 Å². The molecule has 1 atom stereocenters. The highest BCUT2D eigenvalue weighted by Gasteiger charge is 2.40. The lowest BCUT2D eigenvalue weighted by atomic mass is 10.1. The van der Waals surface area contributed by atoms with E-state index >= 15 is 0 Å². The molecule has 0 radical (unpaired) electrons. The van der Waals surface area contributed by atoms with E-state index in [-0.39, 0.29) is 18.2 Å². The van der Waals surface area contributed by atoms with E-state index in [1.165, 1.54) is 0 Å². The number of hydrogen-bond acceptors (Lipinski definition) is 4. The van der Waals surface area contributed by atoms with Gasteiger partial charge in [0, 0.05) is 20.3 Å². The second-order valence-corrected chi connectivity index (χ2v) is 7.26. The number of anilines is 2. The topological polar surface area (TPSA) is 76.5 Å². The zero-order valence-electron chi connectivity index (χ0n) is 16.0. The van der Waals surface area contributed by atoms with Crippen LogP contribution in [0.1, 0.15) is 18.9 Å². The molecule has 1 N–H and O–H groups in total. The SMILES string of the molecule is COCCCN1C(=O)[C@@H](CC(=O)Nc2ccccc2Cl)n2c1nc1ccccc12. The third-order valence-electron chi connectivity index (χ3n) is 4.94. The minimum absolute atomic E-state index is 0.00180. The Morgan fingerprint density at radius 2 is 1.97 bits per heavy atom. The number of fused-ring (bicyclic) bond motifs is 3. The number of imidazole rings is 1. The quantitative estimate of drug-likeness (QED) is 0.601. The zero-order valence-corrected chi connectivity index (χ0v) is 16.7. The molecule has 3 aromatic rings. The van der Waals surface area contributed by atoms with E-state index in [0.29, 0.717) is 36.2 Å². The number of methoxy groups -OCH3 is 1. The number of rotatable bonds is 7. The molecule has 150 valence electrons. The molecule has 8 heteroatoms. The van der Waals surface area contributed by atoms with Crippen molar-refractivity contribution in [1.82, 2.24) is 9.55 Å². The summed E-state index contributed by atoms with van der Waals surface area (Å²) in [7, 11) is 1.63. The third kappa shape index (κ3) is 3.71. The van der Waals surface area contributed by atoms with Crippen LogP contribution >= 0.6 is 11.6 Å². The number of benzene rings is 2. The van der Waals surface area contributed by atoms with Gasteiger partial charge in [-0.2, -0.15) is 0 Å². The van der Waals surface area contributed by atoms with Gasteiger partial charge in [0.15, 0.2) is 0 Å². The first-order chi connectivity index (χ1) is 14.1. The summed E-state index contributed by atoms with van der Waals surface area (Å²) in [6.07, 6.45) is 0.683. The van der Waals surface area contributed by atoms with Gasteiger partial charge in [0.1, 0.15) is 6.04 Å². The first-order valence-electron chi connectivity index (χ1n) is 9.42. The number of amides is 2. The van der Waals surface area contributed by atoms with Gasteiger partial charge in [0.25, 0.3) is 5.91 Å². The molecule has 1 aromatic heterocycles. The summed E-state index contributed by atoms with van der Waals surface area (Å²) < 4.78 is 6.97. The molecule has 7 nitrogen and oxygen atoms in total. The lowest BCUT2D eigenvalue weighted by Gasteiger charge is -2.16. The maximum Gasteiger partial charge on any atom is 0.253 e. The zero-order chi connectivity index (χ0) is 20.4. The molecule has 1 aliphatic heterocycles. The second kappa shape index (κ2) is 8.23. The predicted octanol–water partition coefficient (Wildman–Crippen LogP) is 3.64. The Morgan fingerprint density at radius 1 is 1.21 bits per heavy atom. The monoisotopic (exact) mass is 412 g/mol. The molecule has 29 heavy (non-hydrogen) atoms.